The molecule has 1 aliphatic carbocycles. The molecule has 202 valence electrons. The van der Waals surface area contributed by atoms with Crippen molar-refractivity contribution in [3.05, 3.63) is 93.8 Å². The lowest BCUT2D eigenvalue weighted by atomic mass is 9.75. The van der Waals surface area contributed by atoms with Crippen LogP contribution in [0.15, 0.2) is 42.5 Å². The van der Waals surface area contributed by atoms with E-state index in [0.717, 1.165) is 18.6 Å². The Morgan fingerprint density at radius 2 is 1.39 bits per heavy atom. The van der Waals surface area contributed by atoms with Crippen molar-refractivity contribution in [3.8, 4) is 11.5 Å². The molecule has 38 heavy (non-hydrogen) atoms. The van der Waals surface area contributed by atoms with Crippen LogP contribution >= 0.6 is 0 Å². The van der Waals surface area contributed by atoms with E-state index in [1.54, 1.807) is 12.1 Å². The van der Waals surface area contributed by atoms with Crippen molar-refractivity contribution in [2.75, 3.05) is 6.61 Å². The molecule has 1 fully saturated rings. The third-order valence-electron chi connectivity index (χ3n) is 7.12. The highest BCUT2D eigenvalue weighted by molar-refractivity contribution is 5.91. The average molecular weight is 533 g/mol. The van der Waals surface area contributed by atoms with Gasteiger partial charge in [0.2, 0.25) is 11.6 Å². The van der Waals surface area contributed by atoms with Gasteiger partial charge < -0.3 is 9.47 Å². The SMILES string of the molecule is CCCCOc1ccc(OC(=O)c2ccc(C3CCC(c4ccc(C)c(F)c4F)CC3)c(F)c2)c(F)c1F. The highest BCUT2D eigenvalue weighted by atomic mass is 19.2. The van der Waals surface area contributed by atoms with E-state index in [-0.39, 0.29) is 35.3 Å². The molecule has 1 aliphatic rings. The molecule has 4 rings (SSSR count). The standard InChI is InChI=1S/C30H29F5O3/c1-3-4-15-37-24-13-14-25(29(35)28(24)34)38-30(36)20-10-12-21(23(31)16-20)18-6-8-19(9-7-18)22-11-5-17(2)26(32)27(22)33/h5,10-14,16,18-19H,3-4,6-9,15H2,1-2H3. The summed E-state index contributed by atoms with van der Waals surface area (Å²) in [5.74, 6) is -7.17. The maximum absolute atomic E-state index is 15.0. The van der Waals surface area contributed by atoms with Crippen LogP contribution in [-0.4, -0.2) is 12.6 Å². The van der Waals surface area contributed by atoms with E-state index in [4.69, 9.17) is 9.47 Å². The summed E-state index contributed by atoms with van der Waals surface area (Å²) >= 11 is 0. The third-order valence-corrected chi connectivity index (χ3v) is 7.12. The number of carbonyl (C=O) groups is 1. The van der Waals surface area contributed by atoms with Gasteiger partial charge in [-0.1, -0.05) is 31.5 Å². The van der Waals surface area contributed by atoms with Crippen LogP contribution in [0.4, 0.5) is 22.0 Å². The first-order valence-corrected chi connectivity index (χ1v) is 12.8. The van der Waals surface area contributed by atoms with Gasteiger partial charge in [0.25, 0.3) is 0 Å². The molecule has 3 aromatic carbocycles. The van der Waals surface area contributed by atoms with Gasteiger partial charge in [-0.15, -0.1) is 0 Å². The van der Waals surface area contributed by atoms with E-state index in [9.17, 15) is 26.7 Å². The zero-order chi connectivity index (χ0) is 27.4. The lowest BCUT2D eigenvalue weighted by Crippen LogP contribution is -2.16. The summed E-state index contributed by atoms with van der Waals surface area (Å²) in [5.41, 5.74) is 0.845. The predicted molar refractivity (Wildman–Crippen MR) is 133 cm³/mol. The fraction of sp³-hybridized carbons (Fsp3) is 0.367. The Morgan fingerprint density at radius 1 is 0.789 bits per heavy atom. The molecule has 0 saturated heterocycles. The van der Waals surface area contributed by atoms with Crippen LogP contribution in [0.5, 0.6) is 11.5 Å². The Hall–Kier alpha value is -3.42. The van der Waals surface area contributed by atoms with Crippen molar-refractivity contribution >= 4 is 5.97 Å². The van der Waals surface area contributed by atoms with Gasteiger partial charge in [0.1, 0.15) is 5.82 Å². The van der Waals surface area contributed by atoms with E-state index in [2.05, 4.69) is 0 Å². The lowest BCUT2D eigenvalue weighted by molar-refractivity contribution is 0.0725. The number of benzene rings is 3. The minimum Gasteiger partial charge on any atom is -0.490 e. The molecule has 0 aliphatic heterocycles. The summed E-state index contributed by atoms with van der Waals surface area (Å²) in [7, 11) is 0. The van der Waals surface area contributed by atoms with Crippen LogP contribution in [0.25, 0.3) is 0 Å². The van der Waals surface area contributed by atoms with Crippen LogP contribution in [0, 0.1) is 36.0 Å². The molecule has 8 heteroatoms. The summed E-state index contributed by atoms with van der Waals surface area (Å²) in [6, 6.07) is 9.30. The van der Waals surface area contributed by atoms with Crippen LogP contribution in [0.3, 0.4) is 0 Å². The second kappa shape index (κ2) is 12.0. The molecule has 1 saturated carbocycles. The number of esters is 1. The van der Waals surface area contributed by atoms with Crippen LogP contribution in [-0.2, 0) is 0 Å². The smallest absolute Gasteiger partial charge is 0.343 e. The lowest BCUT2D eigenvalue weighted by Gasteiger charge is -2.29. The van der Waals surface area contributed by atoms with Gasteiger partial charge in [-0.2, -0.15) is 8.78 Å². The fourth-order valence-corrected chi connectivity index (χ4v) is 4.87. The van der Waals surface area contributed by atoms with Gasteiger partial charge in [0.05, 0.1) is 12.2 Å². The second-order valence-corrected chi connectivity index (χ2v) is 9.67. The molecular formula is C30H29F5O3. The van der Waals surface area contributed by atoms with Crippen LogP contribution in [0.2, 0.25) is 0 Å². The fourth-order valence-electron chi connectivity index (χ4n) is 4.87. The molecule has 0 atom stereocenters. The number of rotatable bonds is 8. The first-order valence-electron chi connectivity index (χ1n) is 12.8. The molecular weight excluding hydrogens is 503 g/mol. The van der Waals surface area contributed by atoms with Gasteiger partial charge in [0.15, 0.2) is 23.1 Å². The van der Waals surface area contributed by atoms with Crippen molar-refractivity contribution in [1.29, 1.82) is 0 Å². The monoisotopic (exact) mass is 532 g/mol. The quantitative estimate of drug-likeness (QED) is 0.126. The van der Waals surface area contributed by atoms with Gasteiger partial charge in [0, 0.05) is 0 Å². The van der Waals surface area contributed by atoms with Gasteiger partial charge in [-0.05, 0) is 91.8 Å². The average Bonchev–Trinajstić information content (AvgIpc) is 2.91. The normalized spacial score (nSPS) is 17.3. The highest BCUT2D eigenvalue weighted by Gasteiger charge is 2.28. The molecule has 0 heterocycles. The minimum absolute atomic E-state index is 0.151. The van der Waals surface area contributed by atoms with Crippen LogP contribution < -0.4 is 9.47 Å². The minimum atomic E-state index is -1.37. The maximum Gasteiger partial charge on any atom is 0.343 e. The third kappa shape index (κ3) is 5.84. The number of halogens is 5. The molecule has 3 aromatic rings. The Labute approximate surface area is 218 Å². The molecule has 3 nitrogen and oxygen atoms in total. The number of hydrogen-bond donors (Lipinski definition) is 0. The molecule has 0 N–H and O–H groups in total. The van der Waals surface area contributed by atoms with Gasteiger partial charge in [-0.3, -0.25) is 0 Å². The highest BCUT2D eigenvalue weighted by Crippen LogP contribution is 2.42. The zero-order valence-electron chi connectivity index (χ0n) is 21.3. The Kier molecular flexibility index (Phi) is 8.69. The van der Waals surface area contributed by atoms with E-state index >= 15 is 0 Å². The van der Waals surface area contributed by atoms with Crippen molar-refractivity contribution in [2.45, 2.75) is 64.2 Å². The zero-order valence-corrected chi connectivity index (χ0v) is 21.3. The predicted octanol–water partition coefficient (Wildman–Crippen LogP) is 8.53. The second-order valence-electron chi connectivity index (χ2n) is 9.67. The molecule has 0 radical (unpaired) electrons. The first-order chi connectivity index (χ1) is 18.2. The summed E-state index contributed by atoms with van der Waals surface area (Å²) in [6.07, 6.45) is 3.76. The Balaban J connectivity index is 1.41. The first kappa shape index (κ1) is 27.6. The van der Waals surface area contributed by atoms with Crippen molar-refractivity contribution in [3.63, 3.8) is 0 Å². The molecule has 0 unspecified atom stereocenters. The maximum atomic E-state index is 15.0. The number of aryl methyl sites for hydroxylation is 1. The largest absolute Gasteiger partial charge is 0.490 e. The van der Waals surface area contributed by atoms with Gasteiger partial charge >= 0.3 is 5.97 Å². The number of hydrogen-bond acceptors (Lipinski definition) is 3. The molecule has 0 spiro atoms. The summed E-state index contributed by atoms with van der Waals surface area (Å²) in [4.78, 5) is 12.5. The van der Waals surface area contributed by atoms with Crippen molar-refractivity contribution < 1.29 is 36.2 Å². The summed E-state index contributed by atoms with van der Waals surface area (Å²) < 4.78 is 82.2. The van der Waals surface area contributed by atoms with E-state index in [1.165, 1.54) is 25.1 Å². The molecule has 0 aromatic heterocycles. The summed E-state index contributed by atoms with van der Waals surface area (Å²) in [6.45, 7) is 3.66. The summed E-state index contributed by atoms with van der Waals surface area (Å²) in [5, 5.41) is 0. The number of unbranched alkanes of at least 4 members (excludes halogenated alkanes) is 1. The number of carbonyl (C=O) groups excluding carboxylic acids is 1. The Bertz CT molecular complexity index is 1320. The Morgan fingerprint density at radius 3 is 2.05 bits per heavy atom. The van der Waals surface area contributed by atoms with Crippen LogP contribution in [0.1, 0.15) is 84.3 Å². The molecule has 0 amide bonds. The van der Waals surface area contributed by atoms with E-state index in [0.29, 0.717) is 43.2 Å². The molecule has 0 bridgehead atoms. The van der Waals surface area contributed by atoms with Crippen molar-refractivity contribution in [1.82, 2.24) is 0 Å². The number of ether oxygens (including phenoxy) is 2. The van der Waals surface area contributed by atoms with E-state index < -0.39 is 40.8 Å². The van der Waals surface area contributed by atoms with Gasteiger partial charge in [-0.25, -0.2) is 18.0 Å². The topological polar surface area (TPSA) is 35.5 Å². The van der Waals surface area contributed by atoms with Crippen molar-refractivity contribution in [2.24, 2.45) is 0 Å². The van der Waals surface area contributed by atoms with E-state index in [1.807, 2.05) is 6.92 Å².